The third-order valence-corrected chi connectivity index (χ3v) is 3.79. The first kappa shape index (κ1) is 13.7. The first-order chi connectivity index (χ1) is 9.20. The number of benzene rings is 1. The summed E-state index contributed by atoms with van der Waals surface area (Å²) in [5.41, 5.74) is 1.23. The van der Waals surface area contributed by atoms with E-state index in [1.165, 1.54) is 28.8 Å². The Labute approximate surface area is 115 Å². The van der Waals surface area contributed by atoms with Gasteiger partial charge in [-0.05, 0) is 53.8 Å². The van der Waals surface area contributed by atoms with Gasteiger partial charge in [0.05, 0.1) is 7.11 Å². The van der Waals surface area contributed by atoms with Crippen molar-refractivity contribution < 1.29 is 13.9 Å². The third-order valence-electron chi connectivity index (χ3n) is 2.89. The van der Waals surface area contributed by atoms with Crippen LogP contribution in [0.5, 0.6) is 0 Å². The average molecular weight is 278 g/mol. The van der Waals surface area contributed by atoms with E-state index in [9.17, 15) is 9.18 Å². The predicted molar refractivity (Wildman–Crippen MR) is 76.0 cm³/mol. The topological polar surface area (TPSA) is 26.3 Å². The van der Waals surface area contributed by atoms with Crippen molar-refractivity contribution in [2.24, 2.45) is 0 Å². The van der Waals surface area contributed by atoms with Crippen molar-refractivity contribution in [1.29, 1.82) is 0 Å². The molecule has 0 N–H and O–H groups in total. The number of hydrogen-bond acceptors (Lipinski definition) is 3. The fourth-order valence-corrected chi connectivity index (χ4v) is 2.66. The Hall–Kier alpha value is -1.68. The molecule has 0 bridgehead atoms. The molecule has 2 rings (SSSR count). The molecule has 0 aliphatic heterocycles. The Kier molecular flexibility index (Phi) is 4.68. The molecule has 1 aromatic carbocycles. The van der Waals surface area contributed by atoms with Gasteiger partial charge in [-0.2, -0.15) is 4.39 Å². The second-order valence-corrected chi connectivity index (χ2v) is 5.18. The van der Waals surface area contributed by atoms with Crippen LogP contribution in [0.4, 0.5) is 4.39 Å². The summed E-state index contributed by atoms with van der Waals surface area (Å²) in [6.45, 7) is 0. The molecule has 0 aliphatic rings. The van der Waals surface area contributed by atoms with Crippen molar-refractivity contribution in [3.8, 4) is 0 Å². The minimum atomic E-state index is -0.903. The van der Waals surface area contributed by atoms with Crippen LogP contribution in [-0.2, 0) is 16.0 Å². The van der Waals surface area contributed by atoms with Gasteiger partial charge in [0, 0.05) is 4.70 Å². The lowest BCUT2D eigenvalue weighted by atomic mass is 10.1. The van der Waals surface area contributed by atoms with Crippen molar-refractivity contribution in [2.75, 3.05) is 7.11 Å². The fourth-order valence-electron chi connectivity index (χ4n) is 1.89. The number of unbranched alkanes of at least 4 members (excludes halogenated alkanes) is 1. The molecule has 2 aromatic rings. The number of thiophene rings is 1. The van der Waals surface area contributed by atoms with Crippen molar-refractivity contribution in [2.45, 2.75) is 19.3 Å². The zero-order chi connectivity index (χ0) is 13.7. The number of esters is 1. The van der Waals surface area contributed by atoms with E-state index in [1.54, 1.807) is 11.3 Å². The minimum absolute atomic E-state index is 0.530. The summed E-state index contributed by atoms with van der Waals surface area (Å²) >= 11 is 1.72. The lowest BCUT2D eigenvalue weighted by Crippen LogP contribution is -2.00. The molecule has 0 saturated heterocycles. The van der Waals surface area contributed by atoms with Gasteiger partial charge in [0.1, 0.15) is 0 Å². The van der Waals surface area contributed by atoms with Gasteiger partial charge in [0.2, 0.25) is 5.83 Å². The summed E-state index contributed by atoms with van der Waals surface area (Å²) in [6.07, 6.45) is 3.49. The Morgan fingerprint density at radius 1 is 1.42 bits per heavy atom. The van der Waals surface area contributed by atoms with Crippen LogP contribution in [0.25, 0.3) is 10.1 Å². The maximum atomic E-state index is 13.1. The van der Waals surface area contributed by atoms with Gasteiger partial charge in [-0.15, -0.1) is 11.3 Å². The molecule has 0 aliphatic carbocycles. The summed E-state index contributed by atoms with van der Waals surface area (Å²) in [5, 5.41) is 3.32. The van der Waals surface area contributed by atoms with E-state index in [-0.39, 0.29) is 0 Å². The van der Waals surface area contributed by atoms with Crippen LogP contribution in [-0.4, -0.2) is 13.1 Å². The van der Waals surface area contributed by atoms with Gasteiger partial charge in [-0.3, -0.25) is 0 Å². The van der Waals surface area contributed by atoms with Gasteiger partial charge in [0.15, 0.2) is 0 Å². The normalized spacial score (nSPS) is 11.8. The summed E-state index contributed by atoms with van der Waals surface area (Å²) in [4.78, 5) is 10.8. The lowest BCUT2D eigenvalue weighted by Gasteiger charge is -2.00. The van der Waals surface area contributed by atoms with E-state index >= 15 is 0 Å². The lowest BCUT2D eigenvalue weighted by molar-refractivity contribution is -0.137. The second-order valence-electron chi connectivity index (χ2n) is 4.23. The molecule has 0 fully saturated rings. The van der Waals surface area contributed by atoms with Crippen LogP contribution in [0, 0.1) is 0 Å². The average Bonchev–Trinajstić information content (AvgIpc) is 2.89. The SMILES string of the molecule is COC(=O)/C(F)=C/CCCc1ccc2sccc2c1. The van der Waals surface area contributed by atoms with Gasteiger partial charge in [0.25, 0.3) is 0 Å². The molecule has 1 aromatic heterocycles. The Morgan fingerprint density at radius 3 is 3.05 bits per heavy atom. The van der Waals surface area contributed by atoms with Crippen LogP contribution in [0.1, 0.15) is 18.4 Å². The molecular weight excluding hydrogens is 263 g/mol. The molecule has 2 nitrogen and oxygen atoms in total. The zero-order valence-electron chi connectivity index (χ0n) is 10.7. The Morgan fingerprint density at radius 2 is 2.26 bits per heavy atom. The molecule has 1 heterocycles. The molecule has 0 atom stereocenters. The zero-order valence-corrected chi connectivity index (χ0v) is 11.5. The van der Waals surface area contributed by atoms with Gasteiger partial charge in [-0.1, -0.05) is 12.1 Å². The number of methoxy groups -OCH3 is 1. The smallest absolute Gasteiger partial charge is 0.366 e. The molecule has 0 spiro atoms. The van der Waals surface area contributed by atoms with Crippen LogP contribution in [0.15, 0.2) is 41.5 Å². The van der Waals surface area contributed by atoms with Crippen molar-refractivity contribution in [1.82, 2.24) is 0 Å². The number of fused-ring (bicyclic) bond motifs is 1. The predicted octanol–water partition coefficient (Wildman–Crippen LogP) is 4.25. The van der Waals surface area contributed by atoms with Crippen LogP contribution < -0.4 is 0 Å². The van der Waals surface area contributed by atoms with E-state index in [0.29, 0.717) is 6.42 Å². The molecule has 19 heavy (non-hydrogen) atoms. The molecule has 100 valence electrons. The van der Waals surface area contributed by atoms with E-state index in [2.05, 4.69) is 34.4 Å². The highest BCUT2D eigenvalue weighted by atomic mass is 32.1. The third kappa shape index (κ3) is 3.64. The molecule has 0 radical (unpaired) electrons. The highest BCUT2D eigenvalue weighted by Gasteiger charge is 2.06. The van der Waals surface area contributed by atoms with E-state index in [1.807, 2.05) is 0 Å². The first-order valence-electron chi connectivity index (χ1n) is 6.11. The van der Waals surface area contributed by atoms with Gasteiger partial charge < -0.3 is 4.74 Å². The van der Waals surface area contributed by atoms with Crippen LogP contribution >= 0.6 is 11.3 Å². The van der Waals surface area contributed by atoms with Gasteiger partial charge >= 0.3 is 5.97 Å². The minimum Gasteiger partial charge on any atom is -0.464 e. The standard InChI is InChI=1S/C15H15FO2S/c1-18-15(17)13(16)5-3-2-4-11-6-7-14-12(10-11)8-9-19-14/h5-10H,2-4H2,1H3/b13-5-. The maximum Gasteiger partial charge on any atom is 0.366 e. The summed E-state index contributed by atoms with van der Waals surface area (Å²) in [7, 11) is 1.17. The molecular formula is C15H15FO2S. The number of carbonyl (C=O) groups excluding carboxylic acids is 1. The first-order valence-corrected chi connectivity index (χ1v) is 6.99. The number of ether oxygens (including phenoxy) is 1. The summed E-state index contributed by atoms with van der Waals surface area (Å²) < 4.78 is 18.6. The van der Waals surface area contributed by atoms with Crippen molar-refractivity contribution in [3.63, 3.8) is 0 Å². The van der Waals surface area contributed by atoms with Crippen LogP contribution in [0.3, 0.4) is 0 Å². The number of hydrogen-bond donors (Lipinski definition) is 0. The summed E-state index contributed by atoms with van der Waals surface area (Å²) in [6, 6.07) is 8.46. The molecule has 0 amide bonds. The number of allylic oxidation sites excluding steroid dienone is 1. The monoisotopic (exact) mass is 278 g/mol. The number of aryl methyl sites for hydroxylation is 1. The maximum absolute atomic E-state index is 13.1. The van der Waals surface area contributed by atoms with Crippen molar-refractivity contribution >= 4 is 27.4 Å². The largest absolute Gasteiger partial charge is 0.464 e. The quantitative estimate of drug-likeness (QED) is 0.464. The molecule has 0 saturated carbocycles. The number of carbonyl (C=O) groups is 1. The molecule has 0 unspecified atom stereocenters. The Balaban J connectivity index is 1.87. The highest BCUT2D eigenvalue weighted by Crippen LogP contribution is 2.22. The highest BCUT2D eigenvalue weighted by molar-refractivity contribution is 7.17. The van der Waals surface area contributed by atoms with Crippen LogP contribution in [0.2, 0.25) is 0 Å². The van der Waals surface area contributed by atoms with Gasteiger partial charge in [-0.25, -0.2) is 4.79 Å². The van der Waals surface area contributed by atoms with Crippen molar-refractivity contribution in [3.05, 3.63) is 47.1 Å². The van der Waals surface area contributed by atoms with E-state index < -0.39 is 11.8 Å². The number of rotatable bonds is 5. The number of halogens is 1. The summed E-state index contributed by atoms with van der Waals surface area (Å²) in [5.74, 6) is -1.71. The molecule has 4 heteroatoms. The Bertz CT molecular complexity index is 601. The van der Waals surface area contributed by atoms with E-state index in [0.717, 1.165) is 12.8 Å². The fraction of sp³-hybridized carbons (Fsp3) is 0.267. The van der Waals surface area contributed by atoms with E-state index in [4.69, 9.17) is 0 Å². The second kappa shape index (κ2) is 6.48.